The van der Waals surface area contributed by atoms with Gasteiger partial charge in [-0.1, -0.05) is 47.8 Å². The fourth-order valence-corrected chi connectivity index (χ4v) is 4.48. The molecule has 1 aliphatic rings. The molecule has 2 aromatic heterocycles. The van der Waals surface area contributed by atoms with E-state index in [1.165, 1.54) is 49.3 Å². The van der Waals surface area contributed by atoms with Gasteiger partial charge < -0.3 is 9.88 Å². The first kappa shape index (κ1) is 18.5. The zero-order valence-electron chi connectivity index (χ0n) is 14.2. The molecule has 25 heavy (non-hydrogen) atoms. The molecule has 1 aliphatic carbocycles. The van der Waals surface area contributed by atoms with Gasteiger partial charge >= 0.3 is 0 Å². The molecule has 1 amide bonds. The normalized spacial score (nSPS) is 14.9. The van der Waals surface area contributed by atoms with Gasteiger partial charge in [-0.3, -0.25) is 4.79 Å². The minimum atomic E-state index is -0.169. The topological polar surface area (TPSA) is 59.8 Å². The van der Waals surface area contributed by atoms with Crippen LogP contribution >= 0.6 is 35.0 Å². The zero-order chi connectivity index (χ0) is 18.0. The van der Waals surface area contributed by atoms with Gasteiger partial charge in [0.2, 0.25) is 5.91 Å². The van der Waals surface area contributed by atoms with Gasteiger partial charge in [-0.05, 0) is 32.8 Å². The van der Waals surface area contributed by atoms with E-state index in [1.54, 1.807) is 6.07 Å². The van der Waals surface area contributed by atoms with E-state index in [2.05, 4.69) is 26.8 Å². The summed E-state index contributed by atoms with van der Waals surface area (Å²) in [4.78, 5) is 20.9. The molecule has 2 aromatic rings. The summed E-state index contributed by atoms with van der Waals surface area (Å²) in [6.07, 6.45) is 6.33. The molecule has 134 valence electrons. The van der Waals surface area contributed by atoms with Crippen LogP contribution in [0, 0.1) is 13.8 Å². The maximum atomic E-state index is 12.2. The van der Waals surface area contributed by atoms with Gasteiger partial charge in [-0.15, -0.1) is 0 Å². The molecule has 0 radical (unpaired) electrons. The van der Waals surface area contributed by atoms with Crippen LogP contribution in [-0.4, -0.2) is 26.2 Å². The number of aryl methyl sites for hydroxylation is 1. The van der Waals surface area contributed by atoms with Crippen LogP contribution in [0.15, 0.2) is 17.4 Å². The lowest BCUT2D eigenvalue weighted by molar-refractivity contribution is -0.113. The van der Waals surface area contributed by atoms with E-state index in [0.717, 1.165) is 10.9 Å². The molecule has 0 aliphatic heterocycles. The van der Waals surface area contributed by atoms with Gasteiger partial charge in [0, 0.05) is 17.9 Å². The third-order valence-electron chi connectivity index (χ3n) is 4.44. The number of hydrogen-bond acceptors (Lipinski definition) is 4. The minimum Gasteiger partial charge on any atom is -0.320 e. The number of nitrogens with one attached hydrogen (secondary N) is 1. The van der Waals surface area contributed by atoms with E-state index in [1.807, 2.05) is 6.92 Å². The van der Waals surface area contributed by atoms with Crippen LogP contribution < -0.4 is 5.32 Å². The maximum absolute atomic E-state index is 12.2. The number of imidazole rings is 1. The number of halogens is 2. The number of amides is 1. The number of carbonyl (C=O) groups excluding carboxylic acids is 1. The Morgan fingerprint density at radius 3 is 2.76 bits per heavy atom. The van der Waals surface area contributed by atoms with Crippen LogP contribution in [0.4, 0.5) is 5.82 Å². The Bertz CT molecular complexity index is 787. The van der Waals surface area contributed by atoms with Crippen LogP contribution in [0.5, 0.6) is 0 Å². The van der Waals surface area contributed by atoms with E-state index >= 15 is 0 Å². The third-order valence-corrected chi connectivity index (χ3v) is 5.89. The molecule has 3 rings (SSSR count). The van der Waals surface area contributed by atoms with Crippen molar-refractivity contribution in [3.05, 3.63) is 33.7 Å². The molecule has 1 N–H and O–H groups in total. The summed E-state index contributed by atoms with van der Waals surface area (Å²) in [6.45, 7) is 4.12. The maximum Gasteiger partial charge on any atom is 0.236 e. The summed E-state index contributed by atoms with van der Waals surface area (Å²) in [5.41, 5.74) is 2.22. The fourth-order valence-electron chi connectivity index (χ4n) is 3.10. The first-order valence-electron chi connectivity index (χ1n) is 8.25. The van der Waals surface area contributed by atoms with Crippen molar-refractivity contribution in [2.45, 2.75) is 50.7 Å². The second-order valence-corrected chi connectivity index (χ2v) is 7.98. The third kappa shape index (κ3) is 4.30. The molecule has 0 saturated heterocycles. The largest absolute Gasteiger partial charge is 0.320 e. The summed E-state index contributed by atoms with van der Waals surface area (Å²) in [6, 6.07) is 2.05. The quantitative estimate of drug-likeness (QED) is 0.715. The highest BCUT2D eigenvalue weighted by molar-refractivity contribution is 7.99. The number of thioether (sulfide) groups is 1. The van der Waals surface area contributed by atoms with Crippen molar-refractivity contribution in [3.63, 3.8) is 0 Å². The molecule has 0 atom stereocenters. The standard InChI is InChI=1S/C17H20Cl2N4OS/c1-10-11(2)23(13-5-3-4-6-13)17(21-10)25-9-15(24)22-16-14(19)7-12(18)8-20-16/h7-8,13H,3-6,9H2,1-2H3,(H,20,22,24). The smallest absolute Gasteiger partial charge is 0.236 e. The van der Waals surface area contributed by atoms with Crippen LogP contribution in [0.3, 0.4) is 0 Å². The van der Waals surface area contributed by atoms with Crippen LogP contribution in [0.1, 0.15) is 43.1 Å². The highest BCUT2D eigenvalue weighted by Gasteiger charge is 2.23. The van der Waals surface area contributed by atoms with E-state index in [0.29, 0.717) is 21.9 Å². The Kier molecular flexibility index (Phi) is 5.92. The Morgan fingerprint density at radius 2 is 2.08 bits per heavy atom. The van der Waals surface area contributed by atoms with Crippen LogP contribution in [0.2, 0.25) is 10.0 Å². The van der Waals surface area contributed by atoms with Crippen molar-refractivity contribution in [1.82, 2.24) is 14.5 Å². The van der Waals surface area contributed by atoms with Gasteiger partial charge in [0.1, 0.15) is 0 Å². The fraction of sp³-hybridized carbons (Fsp3) is 0.471. The summed E-state index contributed by atoms with van der Waals surface area (Å²) in [5.74, 6) is 0.407. The molecule has 8 heteroatoms. The lowest BCUT2D eigenvalue weighted by Crippen LogP contribution is -2.16. The molecular formula is C17H20Cl2N4OS. The lowest BCUT2D eigenvalue weighted by atomic mass is 10.2. The molecule has 5 nitrogen and oxygen atoms in total. The number of anilines is 1. The van der Waals surface area contributed by atoms with Crippen molar-refractivity contribution < 1.29 is 4.79 Å². The van der Waals surface area contributed by atoms with Crippen molar-refractivity contribution in [2.24, 2.45) is 0 Å². The molecule has 2 heterocycles. The van der Waals surface area contributed by atoms with Crippen LogP contribution in [0.25, 0.3) is 0 Å². The van der Waals surface area contributed by atoms with E-state index in [9.17, 15) is 4.79 Å². The summed E-state index contributed by atoms with van der Waals surface area (Å²) < 4.78 is 2.30. The highest BCUT2D eigenvalue weighted by Crippen LogP contribution is 2.35. The first-order chi connectivity index (χ1) is 12.0. The minimum absolute atomic E-state index is 0.169. The van der Waals surface area contributed by atoms with Gasteiger partial charge in [-0.25, -0.2) is 9.97 Å². The molecule has 0 bridgehead atoms. The van der Waals surface area contributed by atoms with Crippen molar-refractivity contribution >= 4 is 46.7 Å². The molecule has 1 saturated carbocycles. The predicted molar refractivity (Wildman–Crippen MR) is 103 cm³/mol. The molecular weight excluding hydrogens is 379 g/mol. The second kappa shape index (κ2) is 7.98. The Balaban J connectivity index is 1.67. The monoisotopic (exact) mass is 398 g/mol. The molecule has 0 unspecified atom stereocenters. The Labute approximate surface area is 161 Å². The average Bonchev–Trinajstić information content (AvgIpc) is 3.17. The van der Waals surface area contributed by atoms with E-state index < -0.39 is 0 Å². The number of nitrogens with zero attached hydrogens (tertiary/aromatic N) is 3. The zero-order valence-corrected chi connectivity index (χ0v) is 16.5. The van der Waals surface area contributed by atoms with Crippen molar-refractivity contribution in [1.29, 1.82) is 0 Å². The van der Waals surface area contributed by atoms with Gasteiger partial charge in [0.25, 0.3) is 0 Å². The SMILES string of the molecule is Cc1nc(SCC(=O)Nc2ncc(Cl)cc2Cl)n(C2CCCC2)c1C. The summed E-state index contributed by atoms with van der Waals surface area (Å²) >= 11 is 13.3. The average molecular weight is 399 g/mol. The summed E-state index contributed by atoms with van der Waals surface area (Å²) in [5, 5.41) is 4.39. The van der Waals surface area contributed by atoms with Gasteiger partial charge in [0.15, 0.2) is 11.0 Å². The van der Waals surface area contributed by atoms with Crippen LogP contribution in [-0.2, 0) is 4.79 Å². The van der Waals surface area contributed by atoms with Gasteiger partial charge in [0.05, 0.1) is 21.5 Å². The number of rotatable bonds is 5. The molecule has 0 aromatic carbocycles. The van der Waals surface area contributed by atoms with E-state index in [4.69, 9.17) is 23.2 Å². The highest BCUT2D eigenvalue weighted by atomic mass is 35.5. The van der Waals surface area contributed by atoms with Gasteiger partial charge in [-0.2, -0.15) is 0 Å². The number of pyridine rings is 1. The lowest BCUT2D eigenvalue weighted by Gasteiger charge is -2.16. The Hall–Kier alpha value is -1.24. The summed E-state index contributed by atoms with van der Waals surface area (Å²) in [7, 11) is 0. The molecule has 1 fully saturated rings. The molecule has 0 spiro atoms. The number of hydrogen-bond donors (Lipinski definition) is 1. The van der Waals surface area contributed by atoms with E-state index in [-0.39, 0.29) is 11.7 Å². The first-order valence-corrected chi connectivity index (χ1v) is 9.99. The second-order valence-electron chi connectivity index (χ2n) is 6.19. The number of carbonyl (C=O) groups is 1. The predicted octanol–water partition coefficient (Wildman–Crippen LogP) is 5.05. The Morgan fingerprint density at radius 1 is 1.36 bits per heavy atom. The van der Waals surface area contributed by atoms with Crippen molar-refractivity contribution in [3.8, 4) is 0 Å². The van der Waals surface area contributed by atoms with Crippen molar-refractivity contribution in [2.75, 3.05) is 11.1 Å². The number of aromatic nitrogens is 3.